The van der Waals surface area contributed by atoms with Crippen molar-refractivity contribution >= 4 is 22.9 Å². The first-order valence-electron chi connectivity index (χ1n) is 12.6. The molecule has 35 heavy (non-hydrogen) atoms. The molecule has 1 aliphatic carbocycles. The number of fused-ring (bicyclic) bond motifs is 1. The Hall–Kier alpha value is -2.93. The zero-order valence-electron chi connectivity index (χ0n) is 21.1. The van der Waals surface area contributed by atoms with Crippen LogP contribution in [0.3, 0.4) is 0 Å². The topological polar surface area (TPSA) is 58.9 Å². The van der Waals surface area contributed by atoms with Crippen molar-refractivity contribution in [3.05, 3.63) is 48.2 Å². The molecule has 3 heterocycles. The van der Waals surface area contributed by atoms with Gasteiger partial charge in [-0.05, 0) is 66.8 Å². The lowest BCUT2D eigenvalue weighted by molar-refractivity contribution is -0.119. The summed E-state index contributed by atoms with van der Waals surface area (Å²) in [5, 5.41) is 2.91. The van der Waals surface area contributed by atoms with Crippen molar-refractivity contribution in [2.24, 2.45) is 17.3 Å². The number of pyridine rings is 1. The molecule has 2 aromatic heterocycles. The number of hydrogen-bond donors (Lipinski definition) is 1. The fourth-order valence-electron chi connectivity index (χ4n) is 5.52. The quantitative estimate of drug-likeness (QED) is 0.524. The van der Waals surface area contributed by atoms with Crippen molar-refractivity contribution in [3.8, 4) is 11.1 Å². The van der Waals surface area contributed by atoms with Crippen LogP contribution in [0.2, 0.25) is 0 Å². The highest BCUT2D eigenvalue weighted by molar-refractivity contribution is 5.94. The minimum Gasteiger partial charge on any atom is -0.378 e. The maximum atomic E-state index is 15.0. The number of benzene rings is 1. The van der Waals surface area contributed by atoms with E-state index in [0.29, 0.717) is 19.1 Å². The summed E-state index contributed by atoms with van der Waals surface area (Å²) in [6.45, 7) is 11.5. The number of rotatable bonds is 4. The smallest absolute Gasteiger partial charge is 0.227 e. The number of imidazole rings is 1. The van der Waals surface area contributed by atoms with Crippen LogP contribution in [0.1, 0.15) is 45.6 Å². The zero-order chi connectivity index (χ0) is 24.7. The molecular weight excluding hydrogens is 443 g/mol. The summed E-state index contributed by atoms with van der Waals surface area (Å²) >= 11 is 0. The summed E-state index contributed by atoms with van der Waals surface area (Å²) in [4.78, 5) is 19.9. The number of nitrogens with zero attached hydrogens (tertiary/aromatic N) is 3. The Morgan fingerprint density at radius 3 is 2.66 bits per heavy atom. The SMILES string of the molecule is Cc1cc(F)c(NC(=O)C2CCC(C(C)(C)C)C2)cc1-c1cc(N2CCOCC2)c2nccn2c1. The third-order valence-corrected chi connectivity index (χ3v) is 7.73. The van der Waals surface area contributed by atoms with Gasteiger partial charge in [-0.1, -0.05) is 20.8 Å². The number of nitrogens with one attached hydrogen (secondary N) is 1. The van der Waals surface area contributed by atoms with E-state index in [2.05, 4.69) is 42.0 Å². The van der Waals surface area contributed by atoms with Crippen molar-refractivity contribution in [1.29, 1.82) is 0 Å². The first kappa shape index (κ1) is 23.8. The van der Waals surface area contributed by atoms with Gasteiger partial charge in [-0.2, -0.15) is 0 Å². The lowest BCUT2D eigenvalue weighted by Gasteiger charge is -2.29. The van der Waals surface area contributed by atoms with Crippen LogP contribution in [0.25, 0.3) is 16.8 Å². The van der Waals surface area contributed by atoms with Gasteiger partial charge in [0.15, 0.2) is 5.65 Å². The van der Waals surface area contributed by atoms with E-state index in [0.717, 1.165) is 60.4 Å². The Balaban J connectivity index is 1.45. The number of aryl methyl sites for hydroxylation is 1. The number of halogens is 1. The first-order chi connectivity index (χ1) is 16.7. The molecule has 1 saturated heterocycles. The van der Waals surface area contributed by atoms with Crippen LogP contribution < -0.4 is 10.2 Å². The van der Waals surface area contributed by atoms with Gasteiger partial charge >= 0.3 is 0 Å². The number of carbonyl (C=O) groups is 1. The van der Waals surface area contributed by atoms with E-state index in [-0.39, 0.29) is 22.9 Å². The van der Waals surface area contributed by atoms with E-state index in [1.54, 1.807) is 12.3 Å². The molecule has 1 aromatic carbocycles. The van der Waals surface area contributed by atoms with E-state index in [1.165, 1.54) is 6.07 Å². The monoisotopic (exact) mass is 478 g/mol. The molecule has 2 fully saturated rings. The largest absolute Gasteiger partial charge is 0.378 e. The number of anilines is 2. The van der Waals surface area contributed by atoms with Gasteiger partial charge in [-0.3, -0.25) is 4.79 Å². The Morgan fingerprint density at radius 2 is 1.94 bits per heavy atom. The molecular formula is C28H35FN4O2. The molecule has 2 aliphatic rings. The van der Waals surface area contributed by atoms with Crippen LogP contribution in [0.4, 0.5) is 15.8 Å². The molecule has 0 spiro atoms. The molecule has 2 unspecified atom stereocenters. The Morgan fingerprint density at radius 1 is 1.17 bits per heavy atom. The summed E-state index contributed by atoms with van der Waals surface area (Å²) in [7, 11) is 0. The molecule has 2 atom stereocenters. The van der Waals surface area contributed by atoms with Gasteiger partial charge in [-0.15, -0.1) is 0 Å². The lowest BCUT2D eigenvalue weighted by Crippen LogP contribution is -2.36. The van der Waals surface area contributed by atoms with E-state index in [9.17, 15) is 9.18 Å². The van der Waals surface area contributed by atoms with Crippen molar-refractivity contribution in [2.45, 2.75) is 47.0 Å². The third-order valence-electron chi connectivity index (χ3n) is 7.73. The minimum absolute atomic E-state index is 0.0707. The van der Waals surface area contributed by atoms with Gasteiger partial charge in [0.2, 0.25) is 5.91 Å². The maximum absolute atomic E-state index is 15.0. The predicted octanol–water partition coefficient (Wildman–Crippen LogP) is 5.69. The number of morpholine rings is 1. The van der Waals surface area contributed by atoms with Crippen LogP contribution in [0, 0.1) is 30.0 Å². The molecule has 1 N–H and O–H groups in total. The van der Waals surface area contributed by atoms with Crippen molar-refractivity contribution < 1.29 is 13.9 Å². The Bertz CT molecular complexity index is 1240. The van der Waals surface area contributed by atoms with Crippen LogP contribution in [-0.2, 0) is 9.53 Å². The van der Waals surface area contributed by atoms with Gasteiger partial charge in [0.25, 0.3) is 0 Å². The summed E-state index contributed by atoms with van der Waals surface area (Å²) in [6.07, 6.45) is 8.49. The standard InChI is InChI=1S/C28H35FN4O2/c1-18-13-23(29)24(31-27(34)19-5-6-21(14-19)28(2,3)4)16-22(18)20-15-25(32-9-11-35-12-10-32)26-30-7-8-33(26)17-20/h7-8,13,15-17,19,21H,5-6,9-12,14H2,1-4H3,(H,31,34). The summed E-state index contributed by atoms with van der Waals surface area (Å²) in [5.41, 5.74) is 5.02. The van der Waals surface area contributed by atoms with E-state index < -0.39 is 5.82 Å². The second-order valence-electron chi connectivity index (χ2n) is 11.1. The highest BCUT2D eigenvalue weighted by Crippen LogP contribution is 2.42. The van der Waals surface area contributed by atoms with E-state index >= 15 is 0 Å². The molecule has 186 valence electrons. The third kappa shape index (κ3) is 4.79. The number of aromatic nitrogens is 2. The predicted molar refractivity (Wildman–Crippen MR) is 137 cm³/mol. The first-order valence-corrected chi connectivity index (χ1v) is 12.6. The molecule has 5 rings (SSSR count). The van der Waals surface area contributed by atoms with Crippen molar-refractivity contribution in [1.82, 2.24) is 9.38 Å². The van der Waals surface area contributed by atoms with E-state index in [4.69, 9.17) is 4.74 Å². The molecule has 0 radical (unpaired) electrons. The molecule has 1 aliphatic heterocycles. The summed E-state index contributed by atoms with van der Waals surface area (Å²) in [5.74, 6) is -0.0395. The average molecular weight is 479 g/mol. The second kappa shape index (κ2) is 9.26. The average Bonchev–Trinajstić information content (AvgIpc) is 3.50. The fraction of sp³-hybridized carbons (Fsp3) is 0.500. The molecule has 7 heteroatoms. The highest BCUT2D eigenvalue weighted by Gasteiger charge is 2.36. The van der Waals surface area contributed by atoms with Crippen molar-refractivity contribution in [3.63, 3.8) is 0 Å². The van der Waals surface area contributed by atoms with Gasteiger partial charge in [0, 0.05) is 43.2 Å². The Kier molecular flexibility index (Phi) is 6.30. The molecule has 1 saturated carbocycles. The molecule has 3 aromatic rings. The number of hydrogen-bond acceptors (Lipinski definition) is 4. The maximum Gasteiger partial charge on any atom is 0.227 e. The number of ether oxygens (including phenoxy) is 1. The van der Waals surface area contributed by atoms with E-state index in [1.807, 2.05) is 23.7 Å². The number of amides is 1. The van der Waals surface area contributed by atoms with Crippen molar-refractivity contribution in [2.75, 3.05) is 36.5 Å². The zero-order valence-corrected chi connectivity index (χ0v) is 21.1. The molecule has 0 bridgehead atoms. The second-order valence-corrected chi connectivity index (χ2v) is 11.1. The van der Waals surface area contributed by atoms with Crippen LogP contribution in [0.15, 0.2) is 36.8 Å². The normalized spacial score (nSPS) is 21.0. The van der Waals surface area contributed by atoms with Gasteiger partial charge in [-0.25, -0.2) is 9.37 Å². The van der Waals surface area contributed by atoms with Gasteiger partial charge in [0.1, 0.15) is 5.82 Å². The summed E-state index contributed by atoms with van der Waals surface area (Å²) < 4.78 is 22.5. The molecule has 1 amide bonds. The fourth-order valence-corrected chi connectivity index (χ4v) is 5.52. The van der Waals surface area contributed by atoms with Crippen LogP contribution in [-0.4, -0.2) is 41.6 Å². The summed E-state index contributed by atoms with van der Waals surface area (Å²) in [6, 6.07) is 5.41. The number of carbonyl (C=O) groups excluding carboxylic acids is 1. The highest BCUT2D eigenvalue weighted by atomic mass is 19.1. The van der Waals surface area contributed by atoms with Crippen LogP contribution >= 0.6 is 0 Å². The lowest BCUT2D eigenvalue weighted by atomic mass is 9.79. The van der Waals surface area contributed by atoms with Gasteiger partial charge in [0.05, 0.1) is 24.6 Å². The van der Waals surface area contributed by atoms with Crippen LogP contribution in [0.5, 0.6) is 0 Å². The minimum atomic E-state index is -0.401. The molecule has 6 nitrogen and oxygen atoms in total. The van der Waals surface area contributed by atoms with Gasteiger partial charge < -0.3 is 19.4 Å². The Labute approximate surface area is 206 Å².